The number of rotatable bonds is 7. The van der Waals surface area contributed by atoms with Gasteiger partial charge in [0.15, 0.2) is 11.8 Å². The maximum absolute atomic E-state index is 12.0. The summed E-state index contributed by atoms with van der Waals surface area (Å²) in [7, 11) is 0. The fourth-order valence-corrected chi connectivity index (χ4v) is 2.25. The van der Waals surface area contributed by atoms with Gasteiger partial charge in [-0.25, -0.2) is 4.79 Å². The average Bonchev–Trinajstić information content (AvgIpc) is 3.09. The summed E-state index contributed by atoms with van der Waals surface area (Å²) in [6.07, 6.45) is 1.34. The standard InChI is InChI=1S/C18H20N2O5/c1-11-5-6-13(10-12(11)2)16(18(23)24)20-15(21)7-8-19-17(22)14-4-3-9-25-14/h3-6,9-10,16H,7-8H2,1-2H3,(H,19,22)(H,20,21)(H,23,24). The summed E-state index contributed by atoms with van der Waals surface area (Å²) in [6.45, 7) is 3.88. The number of furan rings is 1. The van der Waals surface area contributed by atoms with Gasteiger partial charge in [0.25, 0.3) is 5.91 Å². The number of carboxylic acid groups (broad SMARTS) is 1. The highest BCUT2D eigenvalue weighted by atomic mass is 16.4. The van der Waals surface area contributed by atoms with Gasteiger partial charge in [0.1, 0.15) is 0 Å². The lowest BCUT2D eigenvalue weighted by Crippen LogP contribution is -2.36. The summed E-state index contributed by atoms with van der Waals surface area (Å²) in [6, 6.07) is 7.20. The minimum Gasteiger partial charge on any atom is -0.479 e. The van der Waals surface area contributed by atoms with Crippen molar-refractivity contribution in [1.29, 1.82) is 0 Å². The van der Waals surface area contributed by atoms with Crippen molar-refractivity contribution in [2.45, 2.75) is 26.3 Å². The maximum atomic E-state index is 12.0. The minimum absolute atomic E-state index is 0.0406. The molecule has 3 N–H and O–H groups in total. The number of aryl methyl sites for hydroxylation is 2. The molecule has 1 unspecified atom stereocenters. The van der Waals surface area contributed by atoms with Crippen LogP contribution in [0, 0.1) is 13.8 Å². The largest absolute Gasteiger partial charge is 0.479 e. The summed E-state index contributed by atoms with van der Waals surface area (Å²) < 4.78 is 4.94. The van der Waals surface area contributed by atoms with E-state index >= 15 is 0 Å². The van der Waals surface area contributed by atoms with Gasteiger partial charge in [-0.3, -0.25) is 9.59 Å². The molecule has 1 aromatic carbocycles. The summed E-state index contributed by atoms with van der Waals surface area (Å²) in [5.41, 5.74) is 2.49. The number of carboxylic acids is 1. The number of hydrogen-bond donors (Lipinski definition) is 3. The number of carbonyl (C=O) groups is 3. The van der Waals surface area contributed by atoms with Crippen molar-refractivity contribution in [3.8, 4) is 0 Å². The minimum atomic E-state index is -1.14. The third-order valence-corrected chi connectivity index (χ3v) is 3.80. The average molecular weight is 344 g/mol. The Bertz CT molecular complexity index is 768. The first-order chi connectivity index (χ1) is 11.9. The predicted octanol–water partition coefficient (Wildman–Crippen LogP) is 1.96. The van der Waals surface area contributed by atoms with E-state index in [2.05, 4.69) is 10.6 Å². The van der Waals surface area contributed by atoms with E-state index in [0.717, 1.165) is 11.1 Å². The highest BCUT2D eigenvalue weighted by molar-refractivity contribution is 5.91. The number of hydrogen-bond acceptors (Lipinski definition) is 4. The molecule has 1 atom stereocenters. The monoisotopic (exact) mass is 344 g/mol. The van der Waals surface area contributed by atoms with Crippen molar-refractivity contribution in [3.63, 3.8) is 0 Å². The molecule has 0 saturated heterocycles. The van der Waals surface area contributed by atoms with Crippen LogP contribution in [0.2, 0.25) is 0 Å². The second-order valence-electron chi connectivity index (χ2n) is 5.67. The van der Waals surface area contributed by atoms with E-state index in [9.17, 15) is 19.5 Å². The first-order valence-corrected chi connectivity index (χ1v) is 7.79. The third-order valence-electron chi connectivity index (χ3n) is 3.80. The normalized spacial score (nSPS) is 11.6. The van der Waals surface area contributed by atoms with Crippen LogP contribution in [0.1, 0.15) is 39.7 Å². The zero-order valence-corrected chi connectivity index (χ0v) is 14.0. The second-order valence-corrected chi connectivity index (χ2v) is 5.67. The lowest BCUT2D eigenvalue weighted by Gasteiger charge is -2.16. The van der Waals surface area contributed by atoms with Crippen LogP contribution >= 0.6 is 0 Å². The summed E-state index contributed by atoms with van der Waals surface area (Å²) in [5.74, 6) is -1.89. The van der Waals surface area contributed by atoms with E-state index in [-0.39, 0.29) is 18.7 Å². The van der Waals surface area contributed by atoms with Crippen LogP contribution in [0.15, 0.2) is 41.0 Å². The Balaban J connectivity index is 1.90. The maximum Gasteiger partial charge on any atom is 0.330 e. The van der Waals surface area contributed by atoms with E-state index in [1.54, 1.807) is 18.2 Å². The summed E-state index contributed by atoms with van der Waals surface area (Å²) in [4.78, 5) is 35.2. The predicted molar refractivity (Wildman–Crippen MR) is 90.1 cm³/mol. The van der Waals surface area contributed by atoms with Crippen molar-refractivity contribution >= 4 is 17.8 Å². The molecule has 2 rings (SSSR count). The molecular formula is C18H20N2O5. The van der Waals surface area contributed by atoms with Gasteiger partial charge in [0.2, 0.25) is 5.91 Å². The number of benzene rings is 1. The van der Waals surface area contributed by atoms with Gasteiger partial charge in [0.05, 0.1) is 6.26 Å². The Morgan fingerprint density at radius 3 is 2.52 bits per heavy atom. The van der Waals surface area contributed by atoms with Crippen LogP contribution in [0.5, 0.6) is 0 Å². The van der Waals surface area contributed by atoms with E-state index in [1.165, 1.54) is 12.3 Å². The van der Waals surface area contributed by atoms with Crippen molar-refractivity contribution in [1.82, 2.24) is 10.6 Å². The molecule has 0 aliphatic heterocycles. The van der Waals surface area contributed by atoms with Gasteiger partial charge in [-0.1, -0.05) is 18.2 Å². The molecule has 2 amide bonds. The van der Waals surface area contributed by atoms with Crippen molar-refractivity contribution in [2.24, 2.45) is 0 Å². The van der Waals surface area contributed by atoms with E-state index < -0.39 is 23.8 Å². The molecule has 0 bridgehead atoms. The molecule has 132 valence electrons. The quantitative estimate of drug-likeness (QED) is 0.711. The first-order valence-electron chi connectivity index (χ1n) is 7.79. The van der Waals surface area contributed by atoms with Gasteiger partial charge in [-0.05, 0) is 42.7 Å². The van der Waals surface area contributed by atoms with Crippen LogP contribution in [-0.4, -0.2) is 29.4 Å². The molecule has 25 heavy (non-hydrogen) atoms. The van der Waals surface area contributed by atoms with E-state index in [1.807, 2.05) is 19.9 Å². The Hall–Kier alpha value is -3.09. The highest BCUT2D eigenvalue weighted by Crippen LogP contribution is 2.17. The van der Waals surface area contributed by atoms with Crippen LogP contribution < -0.4 is 10.6 Å². The molecule has 1 heterocycles. The third kappa shape index (κ3) is 4.94. The smallest absolute Gasteiger partial charge is 0.330 e. The molecule has 2 aromatic rings. The Kier molecular flexibility index (Phi) is 5.94. The number of aliphatic carboxylic acids is 1. The zero-order valence-electron chi connectivity index (χ0n) is 14.0. The SMILES string of the molecule is Cc1ccc(C(NC(=O)CCNC(=O)c2ccco2)C(=O)O)cc1C. The lowest BCUT2D eigenvalue weighted by molar-refractivity contribution is -0.142. The van der Waals surface area contributed by atoms with Crippen molar-refractivity contribution in [2.75, 3.05) is 6.54 Å². The molecule has 0 fully saturated rings. The van der Waals surface area contributed by atoms with Gasteiger partial charge in [0, 0.05) is 13.0 Å². The van der Waals surface area contributed by atoms with E-state index in [0.29, 0.717) is 5.56 Å². The van der Waals surface area contributed by atoms with Crippen LogP contribution in [-0.2, 0) is 9.59 Å². The number of amides is 2. The summed E-state index contributed by atoms with van der Waals surface area (Å²) >= 11 is 0. The molecule has 0 spiro atoms. The summed E-state index contributed by atoms with van der Waals surface area (Å²) in [5, 5.41) is 14.4. The number of nitrogens with one attached hydrogen (secondary N) is 2. The fraction of sp³-hybridized carbons (Fsp3) is 0.278. The van der Waals surface area contributed by atoms with Crippen molar-refractivity contribution in [3.05, 3.63) is 59.0 Å². The van der Waals surface area contributed by atoms with E-state index in [4.69, 9.17) is 4.42 Å². The fourth-order valence-electron chi connectivity index (χ4n) is 2.25. The molecule has 7 heteroatoms. The van der Waals surface area contributed by atoms with Crippen LogP contribution in [0.4, 0.5) is 0 Å². The molecule has 0 aliphatic carbocycles. The molecule has 0 aliphatic rings. The lowest BCUT2D eigenvalue weighted by atomic mass is 10.0. The number of carbonyl (C=O) groups excluding carboxylic acids is 2. The molecule has 7 nitrogen and oxygen atoms in total. The van der Waals surface area contributed by atoms with Gasteiger partial charge >= 0.3 is 5.97 Å². The van der Waals surface area contributed by atoms with Gasteiger partial charge < -0.3 is 20.2 Å². The second kappa shape index (κ2) is 8.14. The van der Waals surface area contributed by atoms with Crippen LogP contribution in [0.3, 0.4) is 0 Å². The topological polar surface area (TPSA) is 109 Å². The van der Waals surface area contributed by atoms with Crippen LogP contribution in [0.25, 0.3) is 0 Å². The molecule has 0 radical (unpaired) electrons. The van der Waals surface area contributed by atoms with Gasteiger partial charge in [-0.15, -0.1) is 0 Å². The highest BCUT2D eigenvalue weighted by Gasteiger charge is 2.22. The van der Waals surface area contributed by atoms with Gasteiger partial charge in [-0.2, -0.15) is 0 Å². The van der Waals surface area contributed by atoms with Crippen molar-refractivity contribution < 1.29 is 23.9 Å². The zero-order chi connectivity index (χ0) is 18.4. The molecule has 1 aromatic heterocycles. The Labute approximate surface area is 145 Å². The Morgan fingerprint density at radius 1 is 1.16 bits per heavy atom. The molecule has 0 saturated carbocycles. The first kappa shape index (κ1) is 18.3. The molecular weight excluding hydrogens is 324 g/mol. The Morgan fingerprint density at radius 2 is 1.92 bits per heavy atom.